The Bertz CT molecular complexity index is 244. The van der Waals surface area contributed by atoms with Gasteiger partial charge in [0.25, 0.3) is 0 Å². The Labute approximate surface area is 60.4 Å². The summed E-state index contributed by atoms with van der Waals surface area (Å²) in [6.45, 7) is 0.485. The van der Waals surface area contributed by atoms with Gasteiger partial charge in [-0.3, -0.25) is 5.01 Å². The number of nitrogens with zero attached hydrogens (tertiary/aromatic N) is 2. The van der Waals surface area contributed by atoms with E-state index in [0.717, 1.165) is 0 Å². The van der Waals surface area contributed by atoms with Crippen LogP contribution in [0.4, 0.5) is 0 Å². The minimum atomic E-state index is -2.93. The fourth-order valence-electron chi connectivity index (χ4n) is 0.789. The molecule has 0 spiro atoms. The highest BCUT2D eigenvalue weighted by Gasteiger charge is 2.23. The van der Waals surface area contributed by atoms with E-state index in [2.05, 4.69) is 5.10 Å². The summed E-state index contributed by atoms with van der Waals surface area (Å²) in [6, 6.07) is 0. The summed E-state index contributed by atoms with van der Waals surface area (Å²) in [5.41, 5.74) is 0. The van der Waals surface area contributed by atoms with Crippen molar-refractivity contribution >= 4 is 16.1 Å². The van der Waals surface area contributed by atoms with Crippen molar-refractivity contribution < 1.29 is 8.42 Å². The van der Waals surface area contributed by atoms with E-state index in [-0.39, 0.29) is 0 Å². The first kappa shape index (κ1) is 7.53. The Hall–Kier alpha value is -0.580. The number of sulfone groups is 1. The van der Waals surface area contributed by atoms with Crippen LogP contribution >= 0.6 is 0 Å². The molecule has 1 heterocycles. The Morgan fingerprint density at radius 1 is 1.70 bits per heavy atom. The molecule has 0 N–H and O–H groups in total. The van der Waals surface area contributed by atoms with Crippen molar-refractivity contribution in [2.24, 2.45) is 5.10 Å². The van der Waals surface area contributed by atoms with Gasteiger partial charge < -0.3 is 0 Å². The molecule has 0 fully saturated rings. The number of hydrazone groups is 1. The van der Waals surface area contributed by atoms with Crippen LogP contribution < -0.4 is 0 Å². The van der Waals surface area contributed by atoms with Crippen molar-refractivity contribution in [3.05, 3.63) is 0 Å². The molecule has 0 aromatic heterocycles. The molecule has 1 atom stereocenters. The lowest BCUT2D eigenvalue weighted by atomic mass is 10.5. The lowest BCUT2D eigenvalue weighted by molar-refractivity contribution is 0.392. The highest BCUT2D eigenvalue weighted by Crippen LogP contribution is 2.05. The topological polar surface area (TPSA) is 49.7 Å². The molecule has 1 unspecified atom stereocenters. The second kappa shape index (κ2) is 2.23. The quantitative estimate of drug-likeness (QED) is 0.514. The third kappa shape index (κ3) is 1.47. The minimum absolute atomic E-state index is 0.405. The van der Waals surface area contributed by atoms with Gasteiger partial charge in [-0.05, 0) is 0 Å². The van der Waals surface area contributed by atoms with Gasteiger partial charge in [-0.25, -0.2) is 8.42 Å². The number of hydrogen-bond donors (Lipinski definition) is 0. The predicted molar refractivity (Wildman–Crippen MR) is 39.8 cm³/mol. The van der Waals surface area contributed by atoms with E-state index in [0.29, 0.717) is 6.54 Å². The van der Waals surface area contributed by atoms with Crippen LogP contribution in [0.5, 0.6) is 0 Å². The van der Waals surface area contributed by atoms with Crippen LogP contribution in [0.25, 0.3) is 0 Å². The van der Waals surface area contributed by atoms with Crippen LogP contribution in [0.15, 0.2) is 5.10 Å². The van der Waals surface area contributed by atoms with E-state index in [1.807, 2.05) is 0 Å². The van der Waals surface area contributed by atoms with Gasteiger partial charge in [-0.2, -0.15) is 5.10 Å². The number of rotatable bonds is 1. The van der Waals surface area contributed by atoms with Gasteiger partial charge in [-0.15, -0.1) is 0 Å². The van der Waals surface area contributed by atoms with Crippen molar-refractivity contribution in [1.82, 2.24) is 5.01 Å². The van der Waals surface area contributed by atoms with Crippen LogP contribution in [0.1, 0.15) is 0 Å². The highest BCUT2D eigenvalue weighted by atomic mass is 32.2. The van der Waals surface area contributed by atoms with Crippen molar-refractivity contribution in [2.45, 2.75) is 5.25 Å². The molecule has 0 saturated carbocycles. The summed E-state index contributed by atoms with van der Waals surface area (Å²) in [5, 5.41) is 5.02. The number of hydrogen-bond acceptors (Lipinski definition) is 4. The lowest BCUT2D eigenvalue weighted by Crippen LogP contribution is -2.26. The summed E-state index contributed by atoms with van der Waals surface area (Å²) >= 11 is 0. The monoisotopic (exact) mass is 162 g/mol. The molecule has 4 nitrogen and oxygen atoms in total. The fourth-order valence-corrected chi connectivity index (χ4v) is 1.55. The minimum Gasteiger partial charge on any atom is -0.299 e. The van der Waals surface area contributed by atoms with Crippen LogP contribution in [0, 0.1) is 0 Å². The Morgan fingerprint density at radius 3 is 2.50 bits per heavy atom. The van der Waals surface area contributed by atoms with Gasteiger partial charge >= 0.3 is 0 Å². The highest BCUT2D eigenvalue weighted by molar-refractivity contribution is 7.92. The van der Waals surface area contributed by atoms with Gasteiger partial charge in [0, 0.05) is 19.5 Å². The first-order valence-corrected chi connectivity index (χ1v) is 4.90. The molecule has 10 heavy (non-hydrogen) atoms. The molecule has 0 saturated heterocycles. The third-order valence-corrected chi connectivity index (χ3v) is 2.79. The Balaban J connectivity index is 2.73. The summed E-state index contributed by atoms with van der Waals surface area (Å²) in [5.74, 6) is 0. The molecular formula is C5H10N2O2S. The average molecular weight is 162 g/mol. The van der Waals surface area contributed by atoms with E-state index >= 15 is 0 Å². The first-order valence-electron chi connectivity index (χ1n) is 2.94. The molecule has 0 aliphatic carbocycles. The summed E-state index contributed by atoms with van der Waals surface area (Å²) < 4.78 is 21.7. The molecular weight excluding hydrogens is 152 g/mol. The second-order valence-electron chi connectivity index (χ2n) is 2.47. The molecule has 0 bridgehead atoms. The maximum atomic E-state index is 10.9. The van der Waals surface area contributed by atoms with Gasteiger partial charge in [-0.1, -0.05) is 0 Å². The maximum absolute atomic E-state index is 10.9. The van der Waals surface area contributed by atoms with Crippen LogP contribution in [-0.4, -0.2) is 44.7 Å². The van der Waals surface area contributed by atoms with Crippen LogP contribution in [0.3, 0.4) is 0 Å². The second-order valence-corrected chi connectivity index (χ2v) is 4.74. The van der Waals surface area contributed by atoms with Gasteiger partial charge in [0.1, 0.15) is 5.25 Å². The zero-order chi connectivity index (χ0) is 7.78. The summed E-state index contributed by atoms with van der Waals surface area (Å²) in [6.07, 6.45) is 2.69. The SMILES string of the molecule is CN1CC(S(C)(=O)=O)C=N1. The fraction of sp³-hybridized carbons (Fsp3) is 0.800. The van der Waals surface area contributed by atoms with Crippen LogP contribution in [-0.2, 0) is 9.84 Å². The smallest absolute Gasteiger partial charge is 0.157 e. The van der Waals surface area contributed by atoms with E-state index in [1.165, 1.54) is 12.5 Å². The Kier molecular flexibility index (Phi) is 1.68. The molecule has 0 aromatic rings. The molecule has 0 radical (unpaired) electrons. The summed E-state index contributed by atoms with van der Waals surface area (Å²) in [7, 11) is -1.17. The molecule has 1 aliphatic heterocycles. The largest absolute Gasteiger partial charge is 0.299 e. The summed E-state index contributed by atoms with van der Waals surface area (Å²) in [4.78, 5) is 0. The van der Waals surface area contributed by atoms with E-state index in [1.54, 1.807) is 12.1 Å². The standard InChI is InChI=1S/C5H10N2O2S/c1-7-4-5(3-6-7)10(2,8)9/h3,5H,4H2,1-2H3. The first-order chi connectivity index (χ1) is 4.50. The van der Waals surface area contributed by atoms with Gasteiger partial charge in [0.2, 0.25) is 0 Å². The molecule has 58 valence electrons. The molecule has 0 aromatic carbocycles. The molecule has 1 aliphatic rings. The van der Waals surface area contributed by atoms with E-state index in [4.69, 9.17) is 0 Å². The Morgan fingerprint density at radius 2 is 2.30 bits per heavy atom. The van der Waals surface area contributed by atoms with Crippen molar-refractivity contribution in [1.29, 1.82) is 0 Å². The maximum Gasteiger partial charge on any atom is 0.157 e. The third-order valence-electron chi connectivity index (χ3n) is 1.42. The van der Waals surface area contributed by atoms with Crippen molar-refractivity contribution in [3.63, 3.8) is 0 Å². The normalized spacial score (nSPS) is 25.8. The van der Waals surface area contributed by atoms with Crippen molar-refractivity contribution in [3.8, 4) is 0 Å². The van der Waals surface area contributed by atoms with E-state index < -0.39 is 15.1 Å². The van der Waals surface area contributed by atoms with Crippen LogP contribution in [0.2, 0.25) is 0 Å². The van der Waals surface area contributed by atoms with Gasteiger partial charge in [0.15, 0.2) is 9.84 Å². The molecule has 1 rings (SSSR count). The van der Waals surface area contributed by atoms with Gasteiger partial charge in [0.05, 0.1) is 6.54 Å². The zero-order valence-corrected chi connectivity index (χ0v) is 6.80. The molecule has 0 amide bonds. The lowest BCUT2D eigenvalue weighted by Gasteiger charge is -2.07. The average Bonchev–Trinajstić information content (AvgIpc) is 2.11. The van der Waals surface area contributed by atoms with E-state index in [9.17, 15) is 8.42 Å². The molecule has 5 heteroatoms. The zero-order valence-electron chi connectivity index (χ0n) is 5.98. The predicted octanol–water partition coefficient (Wildman–Crippen LogP) is -0.669. The van der Waals surface area contributed by atoms with Crippen molar-refractivity contribution in [2.75, 3.05) is 19.8 Å².